The average Bonchev–Trinajstić information content (AvgIpc) is 3.42. The zero-order valence-electron chi connectivity index (χ0n) is 18.8. The van der Waals surface area contributed by atoms with Crippen molar-refractivity contribution in [3.05, 3.63) is 88.9 Å². The Labute approximate surface area is 197 Å². The lowest BCUT2D eigenvalue weighted by atomic mass is 9.48. The molecule has 1 saturated heterocycles. The number of carbonyl (C=O) groups is 1. The molecule has 0 radical (unpaired) electrons. The van der Waals surface area contributed by atoms with E-state index in [1.54, 1.807) is 0 Å². The van der Waals surface area contributed by atoms with Crippen LogP contribution in [0.2, 0.25) is 0 Å². The minimum Gasteiger partial charge on any atom is -0.294 e. The molecule has 4 atom stereocenters. The Morgan fingerprint density at radius 2 is 1.79 bits per heavy atom. The first kappa shape index (κ1) is 19.8. The number of nitroso groups, excluding NO2 is 1. The van der Waals surface area contributed by atoms with Gasteiger partial charge in [-0.1, -0.05) is 54.6 Å². The van der Waals surface area contributed by atoms with Gasteiger partial charge in [-0.2, -0.15) is 10.2 Å². The van der Waals surface area contributed by atoms with Crippen LogP contribution in [0.5, 0.6) is 0 Å². The minimum absolute atomic E-state index is 0.170. The summed E-state index contributed by atoms with van der Waals surface area (Å²) in [5.41, 5.74) is 3.70. The second-order valence-corrected chi connectivity index (χ2v) is 10.1. The van der Waals surface area contributed by atoms with E-state index in [2.05, 4.69) is 28.4 Å². The molecular weight excluding hydrogens is 424 g/mol. The number of anilines is 1. The zero-order valence-corrected chi connectivity index (χ0v) is 18.8. The predicted octanol–water partition coefficient (Wildman–Crippen LogP) is 4.78. The molecule has 7 rings (SSSR count). The second kappa shape index (κ2) is 6.92. The Kier molecular flexibility index (Phi) is 4.02. The number of hydrazine groups is 1. The zero-order chi connectivity index (χ0) is 22.9. The number of hydrogen-bond acceptors (Lipinski definition) is 4. The van der Waals surface area contributed by atoms with E-state index in [1.165, 1.54) is 0 Å². The van der Waals surface area contributed by atoms with Crippen LogP contribution in [0.1, 0.15) is 31.2 Å². The molecule has 168 valence electrons. The van der Waals surface area contributed by atoms with Gasteiger partial charge in [0.2, 0.25) is 6.04 Å². The third-order valence-corrected chi connectivity index (χ3v) is 8.59. The van der Waals surface area contributed by atoms with Crippen LogP contribution in [0, 0.1) is 21.7 Å². The lowest BCUT2D eigenvalue weighted by Crippen LogP contribution is -2.58. The molecule has 2 aromatic rings. The first-order chi connectivity index (χ1) is 16.6. The molecule has 2 fully saturated rings. The quantitative estimate of drug-likeness (QED) is 0.620. The highest BCUT2D eigenvalue weighted by molar-refractivity contribution is 6.20. The largest absolute Gasteiger partial charge is 0.294 e. The fourth-order valence-corrected chi connectivity index (χ4v) is 7.18. The number of rotatable bonds is 2. The highest BCUT2D eigenvalue weighted by atomic mass is 16.3. The topological polar surface area (TPSA) is 65.1 Å². The van der Waals surface area contributed by atoms with Gasteiger partial charge in [-0.25, -0.2) is 0 Å². The maximum Gasteiger partial charge on any atom is 0.247 e. The van der Waals surface area contributed by atoms with E-state index in [0.717, 1.165) is 39.4 Å². The van der Waals surface area contributed by atoms with Crippen molar-refractivity contribution in [1.29, 1.82) is 0 Å². The molecule has 4 unspecified atom stereocenters. The summed E-state index contributed by atoms with van der Waals surface area (Å²) in [7, 11) is 0. The first-order valence-corrected chi connectivity index (χ1v) is 12.1. The van der Waals surface area contributed by atoms with E-state index in [9.17, 15) is 9.70 Å². The van der Waals surface area contributed by atoms with Crippen molar-refractivity contribution in [2.24, 2.45) is 27.0 Å². The van der Waals surface area contributed by atoms with Gasteiger partial charge >= 0.3 is 0 Å². The third-order valence-electron chi connectivity index (χ3n) is 8.59. The van der Waals surface area contributed by atoms with Crippen LogP contribution in [0.15, 0.2) is 88.6 Å². The van der Waals surface area contributed by atoms with Crippen molar-refractivity contribution in [2.45, 2.75) is 31.7 Å². The molecule has 3 aliphatic carbocycles. The van der Waals surface area contributed by atoms with Crippen molar-refractivity contribution in [1.82, 2.24) is 0 Å². The fraction of sp³-hybridized carbons (Fsp3) is 0.321. The van der Waals surface area contributed by atoms with Crippen molar-refractivity contribution >= 4 is 29.0 Å². The lowest BCUT2D eigenvalue weighted by molar-refractivity contribution is -0.585. The van der Waals surface area contributed by atoms with Crippen LogP contribution in [-0.2, 0) is 4.79 Å². The fourth-order valence-electron chi connectivity index (χ4n) is 7.18. The van der Waals surface area contributed by atoms with Crippen molar-refractivity contribution < 1.29 is 9.66 Å². The van der Waals surface area contributed by atoms with E-state index in [-0.39, 0.29) is 17.7 Å². The van der Waals surface area contributed by atoms with Gasteiger partial charge in [-0.3, -0.25) is 4.79 Å². The molecule has 2 spiro atoms. The molecule has 2 aliphatic heterocycles. The summed E-state index contributed by atoms with van der Waals surface area (Å²) in [5.74, 6) is -0.0463. The Hall–Kier alpha value is -3.67. The van der Waals surface area contributed by atoms with Gasteiger partial charge < -0.3 is 0 Å². The summed E-state index contributed by atoms with van der Waals surface area (Å²) in [6, 6.07) is 19.8. The van der Waals surface area contributed by atoms with Gasteiger partial charge in [0.05, 0.1) is 28.0 Å². The number of benzene rings is 2. The molecule has 0 aromatic heterocycles. The smallest absolute Gasteiger partial charge is 0.247 e. The average molecular weight is 450 g/mol. The van der Waals surface area contributed by atoms with E-state index in [0.29, 0.717) is 25.8 Å². The summed E-state index contributed by atoms with van der Waals surface area (Å²) in [4.78, 5) is 29.4. The maximum atomic E-state index is 14.5. The molecule has 6 heteroatoms. The number of ketones is 1. The van der Waals surface area contributed by atoms with Gasteiger partial charge in [0, 0.05) is 24.1 Å². The predicted molar refractivity (Wildman–Crippen MR) is 131 cm³/mol. The molecule has 0 N–H and O–H groups in total. The summed E-state index contributed by atoms with van der Waals surface area (Å²) in [6.07, 6.45) is 8.78. The van der Waals surface area contributed by atoms with Crippen molar-refractivity contribution in [3.63, 3.8) is 0 Å². The molecule has 1 saturated carbocycles. The molecule has 2 aromatic carbocycles. The Morgan fingerprint density at radius 1 is 1.03 bits per heavy atom. The van der Waals surface area contributed by atoms with Crippen molar-refractivity contribution in [2.75, 3.05) is 11.6 Å². The highest BCUT2D eigenvalue weighted by Crippen LogP contribution is 2.62. The summed E-state index contributed by atoms with van der Waals surface area (Å²) >= 11 is 0. The van der Waals surface area contributed by atoms with Gasteiger partial charge in [-0.15, -0.1) is 5.01 Å². The number of allylic oxidation sites excluding steroid dienone is 3. The number of Topliss-reactive ketones (excluding diaryl/α,β-unsaturated/α-hetero) is 1. The van der Waals surface area contributed by atoms with Crippen LogP contribution in [0.4, 0.5) is 5.69 Å². The van der Waals surface area contributed by atoms with Crippen molar-refractivity contribution in [3.8, 4) is 0 Å². The SMILES string of the molecule is O=C1C2=C(c3ccccc3)CCC3[N+](=O)N(c4ccccc4)CC23CC23C=NN=C2C=CCC13. The summed E-state index contributed by atoms with van der Waals surface area (Å²) in [5, 5.41) is 10.5. The molecular formula is C28H25N4O2+. The van der Waals surface area contributed by atoms with Gasteiger partial charge in [0.15, 0.2) is 5.78 Å². The van der Waals surface area contributed by atoms with Crippen LogP contribution in [0.25, 0.3) is 5.57 Å². The lowest BCUT2D eigenvalue weighted by Gasteiger charge is -2.50. The van der Waals surface area contributed by atoms with Crippen LogP contribution in [-0.4, -0.2) is 35.2 Å². The van der Waals surface area contributed by atoms with E-state index in [4.69, 9.17) is 0 Å². The van der Waals surface area contributed by atoms with Gasteiger partial charge in [-0.05, 0) is 48.6 Å². The maximum absolute atomic E-state index is 14.5. The Balaban J connectivity index is 1.47. The molecule has 6 nitrogen and oxygen atoms in total. The van der Waals surface area contributed by atoms with E-state index >= 15 is 0 Å². The van der Waals surface area contributed by atoms with Gasteiger partial charge in [0.25, 0.3) is 0 Å². The molecule has 2 heterocycles. The van der Waals surface area contributed by atoms with Crippen LogP contribution >= 0.6 is 0 Å². The number of carbonyl (C=O) groups excluding carboxylic acids is 1. The molecule has 34 heavy (non-hydrogen) atoms. The van der Waals surface area contributed by atoms with Crippen LogP contribution in [0.3, 0.4) is 0 Å². The number of para-hydroxylation sites is 1. The molecule has 0 bridgehead atoms. The number of nitrogens with zero attached hydrogens (tertiary/aromatic N) is 4. The molecule has 5 aliphatic rings. The highest BCUT2D eigenvalue weighted by Gasteiger charge is 2.71. The first-order valence-electron chi connectivity index (χ1n) is 12.1. The standard InChI is InChI=1S/C28H25N4O2/c33-26-22-12-7-13-23-27(22,17-29-30-23)16-28-18-31(20-10-5-2-6-11-20)32(34)24(28)15-14-21(25(26)28)19-8-3-1-4-9-19/h1-11,13,17,22,24H,12,14-16,18H2/q+1. The number of hydrogen-bond donors (Lipinski definition) is 0. The summed E-state index contributed by atoms with van der Waals surface area (Å²) in [6.45, 7) is 0.488. The Bertz CT molecular complexity index is 1340. The third kappa shape index (κ3) is 2.43. The monoisotopic (exact) mass is 449 g/mol. The van der Waals surface area contributed by atoms with Gasteiger partial charge in [0.1, 0.15) is 10.6 Å². The van der Waals surface area contributed by atoms with Crippen LogP contribution < -0.4 is 5.01 Å². The van der Waals surface area contributed by atoms with E-state index < -0.39 is 10.8 Å². The Morgan fingerprint density at radius 3 is 2.59 bits per heavy atom. The second-order valence-electron chi connectivity index (χ2n) is 10.1. The van der Waals surface area contributed by atoms with E-state index in [1.807, 2.05) is 65.8 Å². The normalized spacial score (nSPS) is 33.4. The summed E-state index contributed by atoms with van der Waals surface area (Å²) < 4.78 is 0. The minimum atomic E-state index is -0.586. The molecule has 0 amide bonds.